The SMILES string of the molecule is CNC(C)Cc1nc(C(=O)O)c2cc(OC)ccn12. The molecule has 6 nitrogen and oxygen atoms in total. The van der Waals surface area contributed by atoms with Gasteiger partial charge in [0.05, 0.1) is 12.6 Å². The first kappa shape index (κ1) is 13.4. The number of ether oxygens (including phenoxy) is 1. The summed E-state index contributed by atoms with van der Waals surface area (Å²) in [4.78, 5) is 15.5. The number of carboxylic acids is 1. The Balaban J connectivity index is 2.56. The maximum atomic E-state index is 11.3. The van der Waals surface area contributed by atoms with Crippen molar-refractivity contribution in [2.45, 2.75) is 19.4 Å². The third kappa shape index (κ3) is 2.53. The Labute approximate surface area is 111 Å². The van der Waals surface area contributed by atoms with E-state index in [9.17, 15) is 9.90 Å². The monoisotopic (exact) mass is 263 g/mol. The van der Waals surface area contributed by atoms with E-state index in [1.54, 1.807) is 29.8 Å². The molecule has 0 amide bonds. The molecule has 0 aromatic carbocycles. The van der Waals surface area contributed by atoms with Gasteiger partial charge in [-0.25, -0.2) is 9.78 Å². The first-order valence-corrected chi connectivity index (χ1v) is 6.02. The minimum atomic E-state index is -1.03. The van der Waals surface area contributed by atoms with Gasteiger partial charge in [-0.1, -0.05) is 0 Å². The van der Waals surface area contributed by atoms with E-state index in [-0.39, 0.29) is 11.7 Å². The second kappa shape index (κ2) is 5.27. The lowest BCUT2D eigenvalue weighted by atomic mass is 10.2. The van der Waals surface area contributed by atoms with Crippen molar-refractivity contribution in [3.8, 4) is 5.75 Å². The molecule has 0 bridgehead atoms. The second-order valence-corrected chi connectivity index (χ2v) is 4.40. The Kier molecular flexibility index (Phi) is 3.71. The molecule has 2 N–H and O–H groups in total. The van der Waals surface area contributed by atoms with Crippen molar-refractivity contribution in [1.82, 2.24) is 14.7 Å². The summed E-state index contributed by atoms with van der Waals surface area (Å²) in [6, 6.07) is 3.69. The number of likely N-dealkylation sites (N-methyl/N-ethyl adjacent to an activating group) is 1. The third-order valence-electron chi connectivity index (χ3n) is 3.11. The van der Waals surface area contributed by atoms with E-state index >= 15 is 0 Å². The second-order valence-electron chi connectivity index (χ2n) is 4.40. The molecule has 2 aromatic rings. The lowest BCUT2D eigenvalue weighted by Gasteiger charge is -2.09. The molecule has 0 aliphatic rings. The van der Waals surface area contributed by atoms with Crippen LogP contribution in [0.1, 0.15) is 23.2 Å². The Morgan fingerprint density at radius 1 is 1.63 bits per heavy atom. The molecule has 19 heavy (non-hydrogen) atoms. The maximum absolute atomic E-state index is 11.3. The molecule has 2 aromatic heterocycles. The van der Waals surface area contributed by atoms with E-state index in [2.05, 4.69) is 10.3 Å². The smallest absolute Gasteiger partial charge is 0.356 e. The molecule has 0 saturated heterocycles. The predicted molar refractivity (Wildman–Crippen MR) is 70.9 cm³/mol. The number of nitrogens with zero attached hydrogens (tertiary/aromatic N) is 2. The van der Waals surface area contributed by atoms with Crippen molar-refractivity contribution >= 4 is 11.5 Å². The van der Waals surface area contributed by atoms with Crippen LogP contribution in [0.25, 0.3) is 5.52 Å². The molecule has 102 valence electrons. The highest BCUT2D eigenvalue weighted by Crippen LogP contribution is 2.20. The van der Waals surface area contributed by atoms with Gasteiger partial charge in [0.15, 0.2) is 5.69 Å². The molecule has 0 fully saturated rings. The topological polar surface area (TPSA) is 75.9 Å². The van der Waals surface area contributed by atoms with Crippen LogP contribution in [0, 0.1) is 0 Å². The number of carbonyl (C=O) groups is 1. The van der Waals surface area contributed by atoms with Gasteiger partial charge >= 0.3 is 5.97 Å². The van der Waals surface area contributed by atoms with Crippen molar-refractivity contribution in [3.05, 3.63) is 29.8 Å². The summed E-state index contributed by atoms with van der Waals surface area (Å²) in [7, 11) is 3.41. The summed E-state index contributed by atoms with van der Waals surface area (Å²) < 4.78 is 6.91. The molecule has 1 atom stereocenters. The van der Waals surface area contributed by atoms with Crippen LogP contribution >= 0.6 is 0 Å². The van der Waals surface area contributed by atoms with Crippen molar-refractivity contribution < 1.29 is 14.6 Å². The molecule has 0 saturated carbocycles. The first-order chi connectivity index (χ1) is 9.06. The normalized spacial score (nSPS) is 12.6. The van der Waals surface area contributed by atoms with Crippen LogP contribution in [0.3, 0.4) is 0 Å². The Morgan fingerprint density at radius 2 is 2.37 bits per heavy atom. The van der Waals surface area contributed by atoms with Crippen LogP contribution in [0.4, 0.5) is 0 Å². The van der Waals surface area contributed by atoms with Gasteiger partial charge in [-0.05, 0) is 20.0 Å². The fraction of sp³-hybridized carbons (Fsp3) is 0.385. The number of carboxylic acid groups (broad SMARTS) is 1. The number of hydrogen-bond acceptors (Lipinski definition) is 4. The van der Waals surface area contributed by atoms with E-state index in [0.717, 1.165) is 5.82 Å². The zero-order chi connectivity index (χ0) is 14.0. The number of imidazole rings is 1. The number of hydrogen-bond donors (Lipinski definition) is 2. The van der Waals surface area contributed by atoms with Crippen LogP contribution in [-0.2, 0) is 6.42 Å². The zero-order valence-corrected chi connectivity index (χ0v) is 11.2. The average molecular weight is 263 g/mol. The molecular weight excluding hydrogens is 246 g/mol. The quantitative estimate of drug-likeness (QED) is 0.847. The van der Waals surface area contributed by atoms with Crippen LogP contribution < -0.4 is 10.1 Å². The van der Waals surface area contributed by atoms with E-state index in [1.807, 2.05) is 14.0 Å². The van der Waals surface area contributed by atoms with E-state index in [4.69, 9.17) is 4.74 Å². The Bertz CT molecular complexity index is 606. The fourth-order valence-corrected chi connectivity index (χ4v) is 1.93. The highest BCUT2D eigenvalue weighted by molar-refractivity contribution is 5.94. The highest BCUT2D eigenvalue weighted by Gasteiger charge is 2.18. The van der Waals surface area contributed by atoms with E-state index in [1.165, 1.54) is 0 Å². The van der Waals surface area contributed by atoms with E-state index in [0.29, 0.717) is 17.7 Å². The van der Waals surface area contributed by atoms with Crippen LogP contribution in [0.5, 0.6) is 5.75 Å². The lowest BCUT2D eigenvalue weighted by molar-refractivity contribution is 0.0693. The molecule has 0 radical (unpaired) electrons. The zero-order valence-electron chi connectivity index (χ0n) is 11.2. The van der Waals surface area contributed by atoms with Gasteiger partial charge in [0.1, 0.15) is 11.6 Å². The summed E-state index contributed by atoms with van der Waals surface area (Å²) in [5, 5.41) is 12.3. The number of methoxy groups -OCH3 is 1. The fourth-order valence-electron chi connectivity index (χ4n) is 1.93. The molecule has 0 spiro atoms. The Hall–Kier alpha value is -2.08. The summed E-state index contributed by atoms with van der Waals surface area (Å²) >= 11 is 0. The summed E-state index contributed by atoms with van der Waals surface area (Å²) in [5.41, 5.74) is 0.599. The van der Waals surface area contributed by atoms with Gasteiger partial charge in [0, 0.05) is 24.7 Å². The summed E-state index contributed by atoms with van der Waals surface area (Å²) in [5.74, 6) is 0.300. The largest absolute Gasteiger partial charge is 0.497 e. The number of aromatic nitrogens is 2. The van der Waals surface area contributed by atoms with Crippen LogP contribution in [0.15, 0.2) is 18.3 Å². The number of rotatable bonds is 5. The van der Waals surface area contributed by atoms with Crippen molar-refractivity contribution in [3.63, 3.8) is 0 Å². The van der Waals surface area contributed by atoms with Gasteiger partial charge in [0.25, 0.3) is 0 Å². The highest BCUT2D eigenvalue weighted by atomic mass is 16.5. The van der Waals surface area contributed by atoms with Crippen LogP contribution in [0.2, 0.25) is 0 Å². The average Bonchev–Trinajstić information content (AvgIpc) is 2.76. The van der Waals surface area contributed by atoms with E-state index < -0.39 is 5.97 Å². The standard InChI is InChI=1S/C13H17N3O3/c1-8(14-2)6-11-15-12(13(17)18)10-7-9(19-3)4-5-16(10)11/h4-5,7-8,14H,6H2,1-3H3,(H,17,18). The predicted octanol–water partition coefficient (Wildman–Crippen LogP) is 1.19. The minimum absolute atomic E-state index is 0.0530. The number of fused-ring (bicyclic) bond motifs is 1. The molecule has 0 aliphatic heterocycles. The van der Waals surface area contributed by atoms with Crippen molar-refractivity contribution in [1.29, 1.82) is 0 Å². The van der Waals surface area contributed by atoms with Crippen molar-refractivity contribution in [2.75, 3.05) is 14.2 Å². The number of nitrogens with one attached hydrogen (secondary N) is 1. The summed E-state index contributed by atoms with van der Waals surface area (Å²) in [6.07, 6.45) is 2.43. The maximum Gasteiger partial charge on any atom is 0.356 e. The van der Waals surface area contributed by atoms with Gasteiger partial charge in [0.2, 0.25) is 0 Å². The summed E-state index contributed by atoms with van der Waals surface area (Å²) in [6.45, 7) is 2.02. The molecule has 1 unspecified atom stereocenters. The molecular formula is C13H17N3O3. The van der Waals surface area contributed by atoms with Gasteiger partial charge < -0.3 is 19.6 Å². The molecule has 2 heterocycles. The van der Waals surface area contributed by atoms with Crippen molar-refractivity contribution in [2.24, 2.45) is 0 Å². The van der Waals surface area contributed by atoms with Crippen LogP contribution in [-0.4, -0.2) is 40.7 Å². The Morgan fingerprint density at radius 3 is 2.95 bits per heavy atom. The molecule has 6 heteroatoms. The number of aromatic carboxylic acids is 1. The molecule has 0 aliphatic carbocycles. The minimum Gasteiger partial charge on any atom is -0.497 e. The molecule has 2 rings (SSSR count). The van der Waals surface area contributed by atoms with Gasteiger partial charge in [-0.15, -0.1) is 0 Å². The third-order valence-corrected chi connectivity index (χ3v) is 3.11. The number of pyridine rings is 1. The van der Waals surface area contributed by atoms with Gasteiger partial charge in [-0.2, -0.15) is 0 Å². The first-order valence-electron chi connectivity index (χ1n) is 6.02. The lowest BCUT2D eigenvalue weighted by Crippen LogP contribution is -2.24. The van der Waals surface area contributed by atoms with Gasteiger partial charge in [-0.3, -0.25) is 0 Å².